The third kappa shape index (κ3) is 11.7. The number of rotatable bonds is 16. The predicted octanol–water partition coefficient (Wildman–Crippen LogP) is 7.45. The highest BCUT2D eigenvalue weighted by atomic mass is 19.1. The van der Waals surface area contributed by atoms with Gasteiger partial charge in [-0.05, 0) is 79.0 Å². The van der Waals surface area contributed by atoms with Crippen LogP contribution in [-0.2, 0) is 11.2 Å². The van der Waals surface area contributed by atoms with Gasteiger partial charge in [0.1, 0.15) is 5.60 Å². The molecule has 2 unspecified atom stereocenters. The number of aliphatic hydroxyl groups excluding tert-OH is 1. The van der Waals surface area contributed by atoms with Crippen molar-refractivity contribution in [1.29, 1.82) is 0 Å². The Morgan fingerprint density at radius 1 is 1.09 bits per heavy atom. The number of nitrogens with zero attached hydrogens (tertiary/aromatic N) is 2. The average molecular weight is 599 g/mol. The minimum absolute atomic E-state index is 0.0349. The van der Waals surface area contributed by atoms with Crippen molar-refractivity contribution < 1.29 is 19.0 Å². The number of nitrogens with one attached hydrogen (secondary N) is 2. The van der Waals surface area contributed by atoms with E-state index in [0.29, 0.717) is 23.4 Å². The zero-order valence-corrected chi connectivity index (χ0v) is 27.8. The molecule has 0 aliphatic heterocycles. The molecular weight excluding hydrogens is 543 g/mol. The lowest BCUT2D eigenvalue weighted by atomic mass is 9.99. The second-order valence-corrected chi connectivity index (χ2v) is 13.0. The monoisotopic (exact) mass is 598 g/mol. The van der Waals surface area contributed by atoms with E-state index in [0.717, 1.165) is 37.1 Å². The first kappa shape index (κ1) is 35.9. The number of anilines is 2. The molecule has 240 valence electrons. The van der Waals surface area contributed by atoms with Gasteiger partial charge in [0.15, 0.2) is 5.82 Å². The molecule has 0 aromatic heterocycles. The van der Waals surface area contributed by atoms with E-state index in [1.165, 1.54) is 4.90 Å². The van der Waals surface area contributed by atoms with E-state index in [1.807, 2.05) is 96.8 Å². The van der Waals surface area contributed by atoms with Crippen molar-refractivity contribution in [2.75, 3.05) is 30.4 Å². The van der Waals surface area contributed by atoms with Crippen LogP contribution in [0.3, 0.4) is 0 Å². The highest BCUT2D eigenvalue weighted by molar-refractivity contribution is 5.73. The standard InChI is InChI=1S/C35H55FN4O3/c1-11-12-16-19-39(10)31-22-28(37-24(2)3)21-29(33(31)36)26(6)38-30(20-27-17-14-13-15-18-27)32(41)23-40(25(4)5)34(42)43-35(7,8)9/h13-15,17-18,21-22,24-25,30,32,37-38,41H,6,11-12,16,19-20,23H2,1-5,7-10H3. The van der Waals surface area contributed by atoms with Gasteiger partial charge in [-0.2, -0.15) is 0 Å². The zero-order valence-electron chi connectivity index (χ0n) is 27.8. The van der Waals surface area contributed by atoms with E-state index in [9.17, 15) is 9.90 Å². The lowest BCUT2D eigenvalue weighted by Crippen LogP contribution is -2.51. The summed E-state index contributed by atoms with van der Waals surface area (Å²) in [4.78, 5) is 16.5. The van der Waals surface area contributed by atoms with Crippen LogP contribution in [0.4, 0.5) is 20.6 Å². The van der Waals surface area contributed by atoms with Crippen LogP contribution in [-0.4, -0.2) is 66.1 Å². The second kappa shape index (κ2) is 16.6. The van der Waals surface area contributed by atoms with E-state index in [-0.39, 0.29) is 24.4 Å². The van der Waals surface area contributed by atoms with Crippen molar-refractivity contribution in [1.82, 2.24) is 10.2 Å². The Labute approximate surface area is 259 Å². The quantitative estimate of drug-likeness (QED) is 0.174. The molecule has 0 fully saturated rings. The number of aliphatic hydroxyl groups is 1. The van der Waals surface area contributed by atoms with Crippen molar-refractivity contribution in [3.8, 4) is 0 Å². The second-order valence-electron chi connectivity index (χ2n) is 13.0. The summed E-state index contributed by atoms with van der Waals surface area (Å²) in [6.45, 7) is 20.4. The van der Waals surface area contributed by atoms with E-state index < -0.39 is 23.8 Å². The predicted molar refractivity (Wildman–Crippen MR) is 178 cm³/mol. The maximum absolute atomic E-state index is 16.2. The lowest BCUT2D eigenvalue weighted by molar-refractivity contribution is 0.00370. The number of unbranched alkanes of at least 4 members (excludes halogenated alkanes) is 2. The van der Waals surface area contributed by atoms with Crippen molar-refractivity contribution >= 4 is 23.2 Å². The molecule has 2 aromatic carbocycles. The number of ether oxygens (including phenoxy) is 1. The third-order valence-electron chi connectivity index (χ3n) is 7.10. The summed E-state index contributed by atoms with van der Waals surface area (Å²) in [7, 11) is 1.91. The maximum Gasteiger partial charge on any atom is 0.410 e. The molecule has 0 saturated heterocycles. The van der Waals surface area contributed by atoms with Crippen LogP contribution in [0.5, 0.6) is 0 Å². The van der Waals surface area contributed by atoms with Gasteiger partial charge in [0.2, 0.25) is 0 Å². The van der Waals surface area contributed by atoms with Gasteiger partial charge in [-0.15, -0.1) is 0 Å². The first-order valence-corrected chi connectivity index (χ1v) is 15.6. The molecular formula is C35H55FN4O3. The Balaban J connectivity index is 2.44. The Morgan fingerprint density at radius 2 is 1.74 bits per heavy atom. The molecule has 0 spiro atoms. The SMILES string of the molecule is C=C(NC(Cc1ccccc1)C(O)CN(C(=O)OC(C)(C)C)C(C)C)c1cc(NC(C)C)cc(N(C)CCCCC)c1F. The topological polar surface area (TPSA) is 77.1 Å². The fourth-order valence-electron chi connectivity index (χ4n) is 4.84. The number of benzene rings is 2. The lowest BCUT2D eigenvalue weighted by Gasteiger charge is -2.34. The van der Waals surface area contributed by atoms with Crippen molar-refractivity contribution in [3.05, 3.63) is 66.0 Å². The Kier molecular flexibility index (Phi) is 13.8. The van der Waals surface area contributed by atoms with Crippen LogP contribution in [0.1, 0.15) is 85.8 Å². The van der Waals surface area contributed by atoms with Crippen molar-refractivity contribution in [2.45, 2.75) is 111 Å². The van der Waals surface area contributed by atoms with Crippen molar-refractivity contribution in [3.63, 3.8) is 0 Å². The van der Waals surface area contributed by atoms with Gasteiger partial charge < -0.3 is 30.3 Å². The van der Waals surface area contributed by atoms with Gasteiger partial charge in [-0.3, -0.25) is 0 Å². The summed E-state index contributed by atoms with van der Waals surface area (Å²) >= 11 is 0. The minimum Gasteiger partial charge on any atom is -0.444 e. The van der Waals surface area contributed by atoms with Gasteiger partial charge >= 0.3 is 6.09 Å². The zero-order chi connectivity index (χ0) is 32.3. The Bertz CT molecular complexity index is 1160. The normalized spacial score (nSPS) is 13.0. The van der Waals surface area contributed by atoms with Crippen LogP contribution in [0.2, 0.25) is 0 Å². The summed E-state index contributed by atoms with van der Waals surface area (Å²) in [5, 5.41) is 18.3. The van der Waals surface area contributed by atoms with Crippen LogP contribution in [0, 0.1) is 5.82 Å². The Morgan fingerprint density at radius 3 is 2.30 bits per heavy atom. The highest BCUT2D eigenvalue weighted by Gasteiger charge is 2.30. The number of carbonyl (C=O) groups excluding carboxylic acids is 1. The molecule has 0 aliphatic rings. The molecule has 0 heterocycles. The first-order chi connectivity index (χ1) is 20.1. The van der Waals surface area contributed by atoms with Gasteiger partial charge in [0.25, 0.3) is 0 Å². The summed E-state index contributed by atoms with van der Waals surface area (Å²) < 4.78 is 21.8. The van der Waals surface area contributed by atoms with E-state index >= 15 is 4.39 Å². The van der Waals surface area contributed by atoms with Gasteiger partial charge in [-0.1, -0.05) is 56.7 Å². The number of hydrogen-bond donors (Lipinski definition) is 3. The smallest absolute Gasteiger partial charge is 0.410 e. The van der Waals surface area contributed by atoms with E-state index in [1.54, 1.807) is 6.07 Å². The number of amides is 1. The fraction of sp³-hybridized carbons (Fsp3) is 0.571. The summed E-state index contributed by atoms with van der Waals surface area (Å²) in [5.74, 6) is -0.365. The largest absolute Gasteiger partial charge is 0.444 e. The van der Waals surface area contributed by atoms with Crippen LogP contribution in [0.15, 0.2) is 49.0 Å². The summed E-state index contributed by atoms with van der Waals surface area (Å²) in [5.41, 5.74) is 2.31. The van der Waals surface area contributed by atoms with Crippen LogP contribution < -0.4 is 15.5 Å². The molecule has 43 heavy (non-hydrogen) atoms. The fourth-order valence-corrected chi connectivity index (χ4v) is 4.84. The van der Waals surface area contributed by atoms with E-state index in [2.05, 4.69) is 24.1 Å². The highest BCUT2D eigenvalue weighted by Crippen LogP contribution is 2.31. The maximum atomic E-state index is 16.2. The van der Waals surface area contributed by atoms with Crippen LogP contribution in [0.25, 0.3) is 5.70 Å². The molecule has 3 N–H and O–H groups in total. The van der Waals surface area contributed by atoms with Gasteiger partial charge in [0.05, 0.1) is 24.4 Å². The number of halogens is 1. The van der Waals surface area contributed by atoms with Crippen LogP contribution >= 0.6 is 0 Å². The third-order valence-corrected chi connectivity index (χ3v) is 7.10. The summed E-state index contributed by atoms with van der Waals surface area (Å²) in [6.07, 6.45) is 2.09. The van der Waals surface area contributed by atoms with E-state index in [4.69, 9.17) is 4.74 Å². The molecule has 2 atom stereocenters. The van der Waals surface area contributed by atoms with Crippen molar-refractivity contribution in [2.24, 2.45) is 0 Å². The molecule has 8 heteroatoms. The Hall–Kier alpha value is -3.26. The molecule has 7 nitrogen and oxygen atoms in total. The molecule has 2 aromatic rings. The molecule has 2 rings (SSSR count). The van der Waals surface area contributed by atoms with Gasteiger partial charge in [0, 0.05) is 42.6 Å². The number of hydrogen-bond acceptors (Lipinski definition) is 6. The molecule has 1 amide bonds. The molecule has 0 aliphatic carbocycles. The number of carbonyl (C=O) groups is 1. The minimum atomic E-state index is -0.997. The molecule has 0 saturated carbocycles. The molecule has 0 bridgehead atoms. The molecule has 0 radical (unpaired) electrons. The first-order valence-electron chi connectivity index (χ1n) is 15.6. The summed E-state index contributed by atoms with van der Waals surface area (Å²) in [6, 6.07) is 12.8. The van der Waals surface area contributed by atoms with Gasteiger partial charge in [-0.25, -0.2) is 9.18 Å². The average Bonchev–Trinajstić information content (AvgIpc) is 2.91.